The largest absolute Gasteiger partial charge is 0.481 e. The molecule has 1 aromatic heterocycles. The number of rotatable bonds is 5. The van der Waals surface area contributed by atoms with Gasteiger partial charge in [-0.2, -0.15) is 0 Å². The molecule has 0 atom stereocenters. The molecule has 3 heteroatoms. The summed E-state index contributed by atoms with van der Waals surface area (Å²) in [6.07, 6.45) is 2.79. The molecule has 3 nitrogen and oxygen atoms in total. The van der Waals surface area contributed by atoms with E-state index in [9.17, 15) is 4.79 Å². The Morgan fingerprint density at radius 2 is 1.68 bits per heavy atom. The molecule has 0 saturated carbocycles. The number of benzene rings is 3. The molecule has 4 rings (SSSR count). The summed E-state index contributed by atoms with van der Waals surface area (Å²) in [5.41, 5.74) is 3.46. The minimum atomic E-state index is -0.760. The summed E-state index contributed by atoms with van der Waals surface area (Å²) in [6.45, 7) is 0.776. The predicted molar refractivity (Wildman–Crippen MR) is 101 cm³/mol. The van der Waals surface area contributed by atoms with Crippen molar-refractivity contribution in [3.05, 3.63) is 84.1 Å². The van der Waals surface area contributed by atoms with Crippen LogP contribution >= 0.6 is 0 Å². The van der Waals surface area contributed by atoms with Gasteiger partial charge >= 0.3 is 5.97 Å². The summed E-state index contributed by atoms with van der Waals surface area (Å²) in [5.74, 6) is -0.760. The quantitative estimate of drug-likeness (QED) is 0.568. The highest BCUT2D eigenvalue weighted by Gasteiger charge is 2.09. The molecule has 0 aliphatic rings. The molecule has 0 spiro atoms. The summed E-state index contributed by atoms with van der Waals surface area (Å²) in [5, 5.41) is 12.6. The molecule has 0 unspecified atom stereocenters. The van der Waals surface area contributed by atoms with Crippen molar-refractivity contribution in [3.8, 4) is 0 Å². The zero-order valence-electron chi connectivity index (χ0n) is 13.9. The standard InChI is InChI=1S/C22H19NO2/c24-21(25)11-10-18-6-3-7-19-12-13-23(22(18)19)15-16-8-9-17-4-1-2-5-20(17)14-16/h1-9,12-14H,10-11,15H2,(H,24,25). The molecule has 1 N–H and O–H groups in total. The van der Waals surface area contributed by atoms with Gasteiger partial charge in [0, 0.05) is 19.2 Å². The molecule has 25 heavy (non-hydrogen) atoms. The van der Waals surface area contributed by atoms with E-state index in [1.807, 2.05) is 12.1 Å². The molecular weight excluding hydrogens is 310 g/mol. The normalized spacial score (nSPS) is 11.2. The van der Waals surface area contributed by atoms with Crippen LogP contribution in [-0.4, -0.2) is 15.6 Å². The molecule has 0 amide bonds. The lowest BCUT2D eigenvalue weighted by molar-refractivity contribution is -0.136. The number of nitrogens with zero attached hydrogens (tertiary/aromatic N) is 1. The highest BCUT2D eigenvalue weighted by molar-refractivity contribution is 5.85. The van der Waals surface area contributed by atoms with Gasteiger partial charge in [-0.1, -0.05) is 54.6 Å². The van der Waals surface area contributed by atoms with Crippen LogP contribution in [0.15, 0.2) is 72.9 Å². The van der Waals surface area contributed by atoms with Gasteiger partial charge in [-0.15, -0.1) is 0 Å². The van der Waals surface area contributed by atoms with Gasteiger partial charge in [0.2, 0.25) is 0 Å². The summed E-state index contributed by atoms with van der Waals surface area (Å²) in [4.78, 5) is 10.9. The summed E-state index contributed by atoms with van der Waals surface area (Å²) >= 11 is 0. The van der Waals surface area contributed by atoms with Crippen molar-refractivity contribution in [1.82, 2.24) is 4.57 Å². The highest BCUT2D eigenvalue weighted by Crippen LogP contribution is 2.24. The fourth-order valence-corrected chi connectivity index (χ4v) is 3.45. The zero-order valence-corrected chi connectivity index (χ0v) is 13.9. The molecule has 0 aliphatic heterocycles. The van der Waals surface area contributed by atoms with Crippen LogP contribution in [0, 0.1) is 0 Å². The summed E-state index contributed by atoms with van der Waals surface area (Å²) in [6, 6.07) is 23.1. The second-order valence-electron chi connectivity index (χ2n) is 6.37. The monoisotopic (exact) mass is 329 g/mol. The Morgan fingerprint density at radius 1 is 0.880 bits per heavy atom. The fourth-order valence-electron chi connectivity index (χ4n) is 3.45. The second kappa shape index (κ2) is 6.44. The SMILES string of the molecule is O=C(O)CCc1cccc2ccn(Cc3ccc4ccccc4c3)c12. The number of carboxylic acid groups (broad SMARTS) is 1. The molecule has 0 fully saturated rings. The minimum Gasteiger partial charge on any atom is -0.481 e. The van der Waals surface area contributed by atoms with E-state index >= 15 is 0 Å². The first-order valence-electron chi connectivity index (χ1n) is 8.47. The van der Waals surface area contributed by atoms with Gasteiger partial charge in [0.05, 0.1) is 5.52 Å². The van der Waals surface area contributed by atoms with Crippen molar-refractivity contribution >= 4 is 27.6 Å². The van der Waals surface area contributed by atoms with E-state index in [1.54, 1.807) is 0 Å². The fraction of sp³-hybridized carbons (Fsp3) is 0.136. The number of fused-ring (bicyclic) bond motifs is 2. The number of para-hydroxylation sites is 1. The van der Waals surface area contributed by atoms with Crippen LogP contribution in [0.25, 0.3) is 21.7 Å². The van der Waals surface area contributed by atoms with Crippen molar-refractivity contribution in [1.29, 1.82) is 0 Å². The first-order chi connectivity index (χ1) is 12.2. The van der Waals surface area contributed by atoms with E-state index in [0.29, 0.717) is 6.42 Å². The third-order valence-electron chi connectivity index (χ3n) is 4.65. The van der Waals surface area contributed by atoms with Crippen molar-refractivity contribution in [2.24, 2.45) is 0 Å². The van der Waals surface area contributed by atoms with Crippen LogP contribution in [0.2, 0.25) is 0 Å². The van der Waals surface area contributed by atoms with Gasteiger partial charge in [-0.25, -0.2) is 0 Å². The van der Waals surface area contributed by atoms with Gasteiger partial charge in [-0.05, 0) is 45.8 Å². The Kier molecular flexibility index (Phi) is 3.98. The second-order valence-corrected chi connectivity index (χ2v) is 6.37. The number of hydrogen-bond donors (Lipinski definition) is 1. The summed E-state index contributed by atoms with van der Waals surface area (Å²) in [7, 11) is 0. The molecule has 0 bridgehead atoms. The van der Waals surface area contributed by atoms with E-state index in [2.05, 4.69) is 65.4 Å². The van der Waals surface area contributed by atoms with Crippen LogP contribution in [0.4, 0.5) is 0 Å². The molecule has 0 aliphatic carbocycles. The van der Waals surface area contributed by atoms with E-state index < -0.39 is 5.97 Å². The van der Waals surface area contributed by atoms with Crippen LogP contribution < -0.4 is 0 Å². The van der Waals surface area contributed by atoms with Gasteiger partial charge in [0.1, 0.15) is 0 Å². The van der Waals surface area contributed by atoms with Gasteiger partial charge in [0.25, 0.3) is 0 Å². The lowest BCUT2D eigenvalue weighted by Crippen LogP contribution is -2.02. The number of carbonyl (C=O) groups is 1. The zero-order chi connectivity index (χ0) is 17.2. The number of aryl methyl sites for hydroxylation is 1. The predicted octanol–water partition coefficient (Wildman–Crippen LogP) is 4.86. The van der Waals surface area contributed by atoms with Crippen LogP contribution in [0.5, 0.6) is 0 Å². The Balaban J connectivity index is 1.71. The van der Waals surface area contributed by atoms with Crippen molar-refractivity contribution in [3.63, 3.8) is 0 Å². The smallest absolute Gasteiger partial charge is 0.303 e. The Labute approximate surface area is 146 Å². The molecule has 1 heterocycles. The Bertz CT molecular complexity index is 1060. The van der Waals surface area contributed by atoms with E-state index in [4.69, 9.17) is 5.11 Å². The Morgan fingerprint density at radius 3 is 2.52 bits per heavy atom. The highest BCUT2D eigenvalue weighted by atomic mass is 16.4. The third-order valence-corrected chi connectivity index (χ3v) is 4.65. The maximum absolute atomic E-state index is 10.9. The average Bonchev–Trinajstić information content (AvgIpc) is 3.03. The number of aliphatic carboxylic acids is 1. The topological polar surface area (TPSA) is 42.2 Å². The van der Waals surface area contributed by atoms with Gasteiger partial charge in [0.15, 0.2) is 0 Å². The first-order valence-corrected chi connectivity index (χ1v) is 8.47. The minimum absolute atomic E-state index is 0.153. The molecular formula is C22H19NO2. The van der Waals surface area contributed by atoms with E-state index in [0.717, 1.165) is 23.0 Å². The number of aromatic nitrogens is 1. The molecule has 0 radical (unpaired) electrons. The van der Waals surface area contributed by atoms with E-state index in [1.165, 1.54) is 16.3 Å². The van der Waals surface area contributed by atoms with Crippen molar-refractivity contribution < 1.29 is 9.90 Å². The van der Waals surface area contributed by atoms with Gasteiger partial charge in [-0.3, -0.25) is 4.79 Å². The van der Waals surface area contributed by atoms with Crippen molar-refractivity contribution in [2.45, 2.75) is 19.4 Å². The van der Waals surface area contributed by atoms with Crippen molar-refractivity contribution in [2.75, 3.05) is 0 Å². The summed E-state index contributed by atoms with van der Waals surface area (Å²) < 4.78 is 2.22. The van der Waals surface area contributed by atoms with E-state index in [-0.39, 0.29) is 6.42 Å². The maximum atomic E-state index is 10.9. The first kappa shape index (κ1) is 15.5. The average molecular weight is 329 g/mol. The molecule has 3 aromatic carbocycles. The van der Waals surface area contributed by atoms with Crippen LogP contribution in [-0.2, 0) is 17.8 Å². The third kappa shape index (κ3) is 3.13. The van der Waals surface area contributed by atoms with Crippen LogP contribution in [0.1, 0.15) is 17.5 Å². The lowest BCUT2D eigenvalue weighted by atomic mass is 10.1. The van der Waals surface area contributed by atoms with Gasteiger partial charge < -0.3 is 9.67 Å². The maximum Gasteiger partial charge on any atom is 0.303 e. The number of hydrogen-bond acceptors (Lipinski definition) is 1. The lowest BCUT2D eigenvalue weighted by Gasteiger charge is -2.10. The Hall–Kier alpha value is -3.07. The molecule has 0 saturated heterocycles. The molecule has 124 valence electrons. The molecule has 4 aromatic rings. The van der Waals surface area contributed by atoms with Crippen LogP contribution in [0.3, 0.4) is 0 Å². The number of carboxylic acids is 1.